The van der Waals surface area contributed by atoms with Gasteiger partial charge in [-0.2, -0.15) is 17.7 Å². The fourth-order valence-electron chi connectivity index (χ4n) is 2.37. The van der Waals surface area contributed by atoms with Crippen molar-refractivity contribution in [3.8, 4) is 0 Å². The third-order valence-electron chi connectivity index (χ3n) is 3.57. The molecule has 3 rings (SSSR count). The van der Waals surface area contributed by atoms with Crippen molar-refractivity contribution in [3.05, 3.63) is 47.8 Å². The summed E-state index contributed by atoms with van der Waals surface area (Å²) in [6, 6.07) is 11.0. The highest BCUT2D eigenvalue weighted by molar-refractivity contribution is 7.99. The van der Waals surface area contributed by atoms with Crippen LogP contribution in [0.15, 0.2) is 41.3 Å². The summed E-state index contributed by atoms with van der Waals surface area (Å²) in [5, 5.41) is 13.7. The van der Waals surface area contributed by atoms with E-state index in [9.17, 15) is 13.2 Å². The van der Waals surface area contributed by atoms with Crippen LogP contribution in [0.3, 0.4) is 0 Å². The SMILES string of the molecule is CCSc1ccc(C(C)Nc2ccc3nnc(C(F)(F)F)n3n2)cc1. The number of thioether (sulfide) groups is 1. The second kappa shape index (κ2) is 6.91. The number of halogens is 3. The highest BCUT2D eigenvalue weighted by atomic mass is 32.2. The first-order valence-electron chi connectivity index (χ1n) is 7.67. The van der Waals surface area contributed by atoms with Gasteiger partial charge in [0.25, 0.3) is 5.82 Å². The van der Waals surface area contributed by atoms with Gasteiger partial charge in [-0.05, 0) is 42.5 Å². The van der Waals surface area contributed by atoms with Crippen molar-refractivity contribution in [2.24, 2.45) is 0 Å². The zero-order valence-electron chi connectivity index (χ0n) is 13.6. The minimum Gasteiger partial charge on any atom is -0.362 e. The van der Waals surface area contributed by atoms with Gasteiger partial charge in [0, 0.05) is 10.9 Å². The number of rotatable bonds is 5. The maximum absolute atomic E-state index is 12.9. The van der Waals surface area contributed by atoms with Crippen molar-refractivity contribution in [2.75, 3.05) is 11.1 Å². The van der Waals surface area contributed by atoms with E-state index < -0.39 is 12.0 Å². The van der Waals surface area contributed by atoms with Crippen LogP contribution in [0.1, 0.15) is 31.3 Å². The molecule has 1 aromatic carbocycles. The highest BCUT2D eigenvalue weighted by Gasteiger charge is 2.37. The zero-order valence-corrected chi connectivity index (χ0v) is 14.4. The monoisotopic (exact) mass is 367 g/mol. The Morgan fingerprint density at radius 3 is 2.48 bits per heavy atom. The maximum atomic E-state index is 12.9. The molecule has 0 aliphatic carbocycles. The van der Waals surface area contributed by atoms with Crippen molar-refractivity contribution in [2.45, 2.75) is 31.0 Å². The third kappa shape index (κ3) is 3.87. The smallest absolute Gasteiger partial charge is 0.362 e. The molecule has 0 bridgehead atoms. The zero-order chi connectivity index (χ0) is 18.0. The second-order valence-corrected chi connectivity index (χ2v) is 6.72. The number of nitrogens with one attached hydrogen (secondary N) is 1. The Hall–Kier alpha value is -2.29. The number of aromatic nitrogens is 4. The van der Waals surface area contributed by atoms with Gasteiger partial charge in [0.05, 0.1) is 0 Å². The number of hydrogen-bond acceptors (Lipinski definition) is 5. The summed E-state index contributed by atoms with van der Waals surface area (Å²) in [4.78, 5) is 1.18. The lowest BCUT2D eigenvalue weighted by Crippen LogP contribution is -2.14. The largest absolute Gasteiger partial charge is 0.453 e. The van der Waals surface area contributed by atoms with Gasteiger partial charge in [0.2, 0.25) is 0 Å². The van der Waals surface area contributed by atoms with Crippen LogP contribution in [-0.2, 0) is 6.18 Å². The number of benzene rings is 1. The van der Waals surface area contributed by atoms with E-state index in [1.54, 1.807) is 17.8 Å². The molecular weight excluding hydrogens is 351 g/mol. The van der Waals surface area contributed by atoms with Crippen LogP contribution in [-0.4, -0.2) is 25.6 Å². The van der Waals surface area contributed by atoms with Gasteiger partial charge in [-0.25, -0.2) is 0 Å². The summed E-state index contributed by atoms with van der Waals surface area (Å²) < 4.78 is 39.5. The molecule has 0 spiro atoms. The maximum Gasteiger partial charge on any atom is 0.453 e. The van der Waals surface area contributed by atoms with Gasteiger partial charge in [-0.1, -0.05) is 19.1 Å². The summed E-state index contributed by atoms with van der Waals surface area (Å²) >= 11 is 1.75. The van der Waals surface area contributed by atoms with E-state index in [0.717, 1.165) is 11.3 Å². The molecule has 1 atom stereocenters. The molecule has 9 heteroatoms. The number of alkyl halides is 3. The Balaban J connectivity index is 1.82. The van der Waals surface area contributed by atoms with Gasteiger partial charge < -0.3 is 5.32 Å². The standard InChI is InChI=1S/C16H16F3N5S/c1-3-25-12-6-4-11(5-7-12)10(2)20-13-8-9-14-21-22-15(16(17,18)19)24(14)23-13/h4-10H,3H2,1-2H3,(H,20,23). The van der Waals surface area contributed by atoms with Gasteiger partial charge >= 0.3 is 6.18 Å². The van der Waals surface area contributed by atoms with Crippen molar-refractivity contribution in [1.82, 2.24) is 19.8 Å². The minimum atomic E-state index is -4.61. The molecule has 0 aliphatic rings. The van der Waals surface area contributed by atoms with Gasteiger partial charge in [-0.3, -0.25) is 0 Å². The van der Waals surface area contributed by atoms with E-state index >= 15 is 0 Å². The predicted molar refractivity (Wildman–Crippen MR) is 90.7 cm³/mol. The first-order chi connectivity index (χ1) is 11.9. The molecule has 1 N–H and O–H groups in total. The van der Waals surface area contributed by atoms with Gasteiger partial charge in [-0.15, -0.1) is 27.1 Å². The molecule has 5 nitrogen and oxygen atoms in total. The van der Waals surface area contributed by atoms with Crippen molar-refractivity contribution in [1.29, 1.82) is 0 Å². The van der Waals surface area contributed by atoms with E-state index in [4.69, 9.17) is 0 Å². The van der Waals surface area contributed by atoms with Crippen molar-refractivity contribution < 1.29 is 13.2 Å². The molecule has 0 fully saturated rings. The molecule has 1 unspecified atom stereocenters. The third-order valence-corrected chi connectivity index (χ3v) is 4.47. The average Bonchev–Trinajstić information content (AvgIpc) is 2.99. The van der Waals surface area contributed by atoms with Crippen LogP contribution in [0, 0.1) is 0 Å². The lowest BCUT2D eigenvalue weighted by molar-refractivity contribution is -0.146. The Kier molecular flexibility index (Phi) is 4.85. The highest BCUT2D eigenvalue weighted by Crippen LogP contribution is 2.28. The lowest BCUT2D eigenvalue weighted by Gasteiger charge is -2.15. The van der Waals surface area contributed by atoms with Crippen LogP contribution in [0.2, 0.25) is 0 Å². The first kappa shape index (κ1) is 17.5. The van der Waals surface area contributed by atoms with Crippen LogP contribution >= 0.6 is 11.8 Å². The molecule has 0 saturated carbocycles. The Morgan fingerprint density at radius 1 is 1.12 bits per heavy atom. The van der Waals surface area contributed by atoms with E-state index in [2.05, 4.69) is 27.5 Å². The summed E-state index contributed by atoms with van der Waals surface area (Å²) in [6.45, 7) is 4.01. The quantitative estimate of drug-likeness (QED) is 0.676. The minimum absolute atomic E-state index is 0.0477. The van der Waals surface area contributed by atoms with Crippen LogP contribution in [0.4, 0.5) is 19.0 Å². The molecule has 2 aromatic heterocycles. The number of anilines is 1. The molecule has 132 valence electrons. The van der Waals surface area contributed by atoms with Gasteiger partial charge in [0.15, 0.2) is 5.65 Å². The average molecular weight is 367 g/mol. The Morgan fingerprint density at radius 2 is 1.84 bits per heavy atom. The normalized spacial score (nSPS) is 13.2. The fourth-order valence-corrected chi connectivity index (χ4v) is 3.03. The van der Waals surface area contributed by atoms with Gasteiger partial charge in [0.1, 0.15) is 5.82 Å². The molecule has 0 saturated heterocycles. The fraction of sp³-hybridized carbons (Fsp3) is 0.312. The second-order valence-electron chi connectivity index (χ2n) is 5.38. The summed E-state index contributed by atoms with van der Waals surface area (Å²) in [6.07, 6.45) is -4.61. The number of hydrogen-bond donors (Lipinski definition) is 1. The molecule has 0 radical (unpaired) electrons. The van der Waals surface area contributed by atoms with E-state index in [0.29, 0.717) is 10.3 Å². The van der Waals surface area contributed by atoms with Crippen LogP contribution in [0.5, 0.6) is 0 Å². The van der Waals surface area contributed by atoms with E-state index in [1.165, 1.54) is 11.0 Å². The van der Waals surface area contributed by atoms with Crippen molar-refractivity contribution in [3.63, 3.8) is 0 Å². The topological polar surface area (TPSA) is 55.1 Å². The summed E-state index contributed by atoms with van der Waals surface area (Å²) in [5.41, 5.74) is 1.06. The number of nitrogens with zero attached hydrogens (tertiary/aromatic N) is 4. The number of fused-ring (bicyclic) bond motifs is 1. The van der Waals surface area contributed by atoms with Crippen LogP contribution < -0.4 is 5.32 Å². The van der Waals surface area contributed by atoms with E-state index in [1.807, 2.05) is 31.2 Å². The molecule has 0 amide bonds. The molecule has 3 aromatic rings. The first-order valence-corrected chi connectivity index (χ1v) is 8.66. The van der Waals surface area contributed by atoms with E-state index in [-0.39, 0.29) is 11.7 Å². The summed E-state index contributed by atoms with van der Waals surface area (Å²) in [5.74, 6) is 0.175. The lowest BCUT2D eigenvalue weighted by atomic mass is 10.1. The Labute approximate surface area is 146 Å². The molecule has 25 heavy (non-hydrogen) atoms. The summed E-state index contributed by atoms with van der Waals surface area (Å²) in [7, 11) is 0. The predicted octanol–water partition coefficient (Wildman–Crippen LogP) is 4.43. The van der Waals surface area contributed by atoms with Crippen LogP contribution in [0.25, 0.3) is 5.65 Å². The molecular formula is C16H16F3N5S. The molecule has 0 aliphatic heterocycles. The Bertz CT molecular complexity index is 860. The molecule has 2 heterocycles. The van der Waals surface area contributed by atoms with Crippen molar-refractivity contribution >= 4 is 23.2 Å².